The summed E-state index contributed by atoms with van der Waals surface area (Å²) in [7, 11) is 0. The van der Waals surface area contributed by atoms with Crippen molar-refractivity contribution in [3.05, 3.63) is 40.3 Å². The second kappa shape index (κ2) is 7.47. The third-order valence-corrected chi connectivity index (χ3v) is 5.41. The molecule has 130 valence electrons. The van der Waals surface area contributed by atoms with Crippen molar-refractivity contribution in [2.75, 3.05) is 6.54 Å². The van der Waals surface area contributed by atoms with Crippen molar-refractivity contribution >= 4 is 11.0 Å². The number of fused-ring (bicyclic) bond motifs is 1. The van der Waals surface area contributed by atoms with Crippen molar-refractivity contribution in [2.24, 2.45) is 11.8 Å². The minimum atomic E-state index is 0.0357. The van der Waals surface area contributed by atoms with Crippen molar-refractivity contribution in [3.63, 3.8) is 0 Å². The molecule has 2 aromatic rings. The number of benzene rings is 1. The monoisotopic (exact) mass is 327 g/mol. The van der Waals surface area contributed by atoms with Gasteiger partial charge < -0.3 is 9.88 Å². The summed E-state index contributed by atoms with van der Waals surface area (Å²) in [6.45, 7) is 8.22. The zero-order chi connectivity index (χ0) is 17.1. The highest BCUT2D eigenvalue weighted by atomic mass is 16.1. The van der Waals surface area contributed by atoms with E-state index < -0.39 is 0 Å². The molecule has 0 radical (unpaired) electrons. The number of nitrogens with one attached hydrogen (secondary N) is 1. The van der Waals surface area contributed by atoms with Crippen LogP contribution in [0, 0.1) is 18.8 Å². The van der Waals surface area contributed by atoms with Gasteiger partial charge in [-0.2, -0.15) is 0 Å². The molecule has 1 heterocycles. The third kappa shape index (κ3) is 3.69. The van der Waals surface area contributed by atoms with E-state index in [4.69, 9.17) is 0 Å². The molecule has 0 amide bonds. The Morgan fingerprint density at radius 1 is 1.25 bits per heavy atom. The zero-order valence-electron chi connectivity index (χ0n) is 15.1. The molecular weight excluding hydrogens is 298 g/mol. The Labute approximate surface area is 144 Å². The fraction of sp³-hybridized carbons (Fsp3) is 0.600. The van der Waals surface area contributed by atoms with Crippen LogP contribution < -0.4 is 10.9 Å². The number of rotatable bonds is 5. The molecule has 1 N–H and O–H groups in total. The smallest absolute Gasteiger partial charge is 0.272 e. The highest BCUT2D eigenvalue weighted by Gasteiger charge is 2.24. The predicted octanol–water partition coefficient (Wildman–Crippen LogP) is 3.51. The summed E-state index contributed by atoms with van der Waals surface area (Å²) in [6, 6.07) is 8.53. The van der Waals surface area contributed by atoms with Gasteiger partial charge in [-0.1, -0.05) is 26.0 Å². The highest BCUT2D eigenvalue weighted by molar-refractivity contribution is 5.74. The lowest BCUT2D eigenvalue weighted by molar-refractivity contribution is 0.227. The Balaban J connectivity index is 1.62. The van der Waals surface area contributed by atoms with Gasteiger partial charge in [-0.25, -0.2) is 4.98 Å². The molecule has 3 atom stereocenters. The zero-order valence-corrected chi connectivity index (χ0v) is 15.1. The number of para-hydroxylation sites is 2. The Hall–Kier alpha value is -1.68. The Bertz CT molecular complexity index is 752. The first kappa shape index (κ1) is 17.2. The Morgan fingerprint density at radius 2 is 2.04 bits per heavy atom. The summed E-state index contributed by atoms with van der Waals surface area (Å²) < 4.78 is 1.88. The molecule has 1 fully saturated rings. The van der Waals surface area contributed by atoms with Crippen LogP contribution in [-0.2, 0) is 6.54 Å². The van der Waals surface area contributed by atoms with Crippen LogP contribution in [-0.4, -0.2) is 22.1 Å². The lowest BCUT2D eigenvalue weighted by Crippen LogP contribution is -2.39. The number of aryl methyl sites for hydroxylation is 2. The number of nitrogens with zero attached hydrogens (tertiary/aromatic N) is 2. The van der Waals surface area contributed by atoms with E-state index >= 15 is 0 Å². The van der Waals surface area contributed by atoms with Gasteiger partial charge >= 0.3 is 0 Å². The maximum absolute atomic E-state index is 12.4. The molecule has 0 saturated heterocycles. The minimum Gasteiger partial charge on any atom is -0.314 e. The number of hydrogen-bond acceptors (Lipinski definition) is 3. The first-order valence-corrected chi connectivity index (χ1v) is 9.26. The molecule has 0 spiro atoms. The summed E-state index contributed by atoms with van der Waals surface area (Å²) in [5, 5.41) is 3.71. The second-order valence-corrected chi connectivity index (χ2v) is 7.45. The maximum atomic E-state index is 12.4. The standard InChI is InChI=1S/C20H29N3O/c1-14-9-10-17(15(2)13-14)21-11-6-12-23-19-8-5-4-7-18(19)22-16(3)20(23)24/h4-5,7-8,14-15,17,21H,6,9-13H2,1-3H3/t14-,15+,17+/m0/s1. The average molecular weight is 327 g/mol. The van der Waals surface area contributed by atoms with E-state index in [0.717, 1.165) is 42.4 Å². The third-order valence-electron chi connectivity index (χ3n) is 5.41. The normalized spacial score (nSPS) is 24.4. The fourth-order valence-corrected chi connectivity index (χ4v) is 4.04. The van der Waals surface area contributed by atoms with E-state index in [1.807, 2.05) is 28.8 Å². The molecule has 4 nitrogen and oxygen atoms in total. The quantitative estimate of drug-likeness (QED) is 0.855. The molecular formula is C20H29N3O. The van der Waals surface area contributed by atoms with Gasteiger partial charge in [0, 0.05) is 12.6 Å². The average Bonchev–Trinajstić information content (AvgIpc) is 2.56. The van der Waals surface area contributed by atoms with Gasteiger partial charge in [-0.15, -0.1) is 0 Å². The lowest BCUT2D eigenvalue weighted by atomic mass is 9.80. The molecule has 0 bridgehead atoms. The van der Waals surface area contributed by atoms with Gasteiger partial charge in [-0.3, -0.25) is 4.79 Å². The molecule has 1 aliphatic rings. The molecule has 1 aromatic carbocycles. The van der Waals surface area contributed by atoms with E-state index in [2.05, 4.69) is 24.1 Å². The molecule has 1 saturated carbocycles. The number of hydrogen-bond donors (Lipinski definition) is 1. The summed E-state index contributed by atoms with van der Waals surface area (Å²) in [6.07, 6.45) is 4.90. The molecule has 0 unspecified atom stereocenters. The first-order chi connectivity index (χ1) is 11.6. The molecule has 0 aliphatic heterocycles. The lowest BCUT2D eigenvalue weighted by Gasteiger charge is -2.33. The fourth-order valence-electron chi connectivity index (χ4n) is 4.04. The summed E-state index contributed by atoms with van der Waals surface area (Å²) in [4.78, 5) is 16.9. The molecule has 1 aromatic heterocycles. The van der Waals surface area contributed by atoms with Crippen LogP contribution in [0.1, 0.15) is 45.2 Å². The van der Waals surface area contributed by atoms with Gasteiger partial charge in [0.25, 0.3) is 5.56 Å². The van der Waals surface area contributed by atoms with E-state index in [0.29, 0.717) is 11.7 Å². The molecule has 1 aliphatic carbocycles. The predicted molar refractivity (Wildman–Crippen MR) is 99.3 cm³/mol. The van der Waals surface area contributed by atoms with Gasteiger partial charge in [0.1, 0.15) is 5.69 Å². The number of aromatic nitrogens is 2. The van der Waals surface area contributed by atoms with Crippen LogP contribution in [0.3, 0.4) is 0 Å². The van der Waals surface area contributed by atoms with Crippen LogP contribution in [0.2, 0.25) is 0 Å². The van der Waals surface area contributed by atoms with Crippen molar-refractivity contribution < 1.29 is 0 Å². The van der Waals surface area contributed by atoms with Crippen molar-refractivity contribution in [2.45, 2.75) is 59.0 Å². The van der Waals surface area contributed by atoms with Crippen LogP contribution in [0.5, 0.6) is 0 Å². The van der Waals surface area contributed by atoms with Crippen molar-refractivity contribution in [1.82, 2.24) is 14.9 Å². The van der Waals surface area contributed by atoms with E-state index in [9.17, 15) is 4.79 Å². The van der Waals surface area contributed by atoms with Gasteiger partial charge in [0.05, 0.1) is 11.0 Å². The van der Waals surface area contributed by atoms with E-state index in [-0.39, 0.29) is 5.56 Å². The van der Waals surface area contributed by atoms with Crippen molar-refractivity contribution in [3.8, 4) is 0 Å². The highest BCUT2D eigenvalue weighted by Crippen LogP contribution is 2.28. The summed E-state index contributed by atoms with van der Waals surface area (Å²) >= 11 is 0. The second-order valence-electron chi connectivity index (χ2n) is 7.45. The van der Waals surface area contributed by atoms with Crippen LogP contribution in [0.15, 0.2) is 29.1 Å². The maximum Gasteiger partial charge on any atom is 0.272 e. The van der Waals surface area contributed by atoms with E-state index in [1.165, 1.54) is 19.3 Å². The topological polar surface area (TPSA) is 46.9 Å². The van der Waals surface area contributed by atoms with Crippen molar-refractivity contribution in [1.29, 1.82) is 0 Å². The van der Waals surface area contributed by atoms with Crippen LogP contribution >= 0.6 is 0 Å². The van der Waals surface area contributed by atoms with Gasteiger partial charge in [-0.05, 0) is 63.1 Å². The summed E-state index contributed by atoms with van der Waals surface area (Å²) in [5.41, 5.74) is 2.45. The van der Waals surface area contributed by atoms with Crippen LogP contribution in [0.4, 0.5) is 0 Å². The van der Waals surface area contributed by atoms with E-state index in [1.54, 1.807) is 6.92 Å². The van der Waals surface area contributed by atoms with Gasteiger partial charge in [0.15, 0.2) is 0 Å². The Morgan fingerprint density at radius 3 is 2.83 bits per heavy atom. The SMILES string of the molecule is Cc1nc2ccccc2n(CCCN[C@@H]2CC[C@H](C)C[C@H]2C)c1=O. The minimum absolute atomic E-state index is 0.0357. The largest absolute Gasteiger partial charge is 0.314 e. The first-order valence-electron chi connectivity index (χ1n) is 9.26. The summed E-state index contributed by atoms with van der Waals surface area (Å²) in [5.74, 6) is 1.61. The molecule has 4 heteroatoms. The molecule has 24 heavy (non-hydrogen) atoms. The Kier molecular flexibility index (Phi) is 5.34. The van der Waals surface area contributed by atoms with Gasteiger partial charge in [0.2, 0.25) is 0 Å². The van der Waals surface area contributed by atoms with Crippen LogP contribution in [0.25, 0.3) is 11.0 Å². The molecule has 3 rings (SSSR count).